The number of carbonyl (C=O) groups excluding carboxylic acids is 1. The molecule has 0 radical (unpaired) electrons. The lowest BCUT2D eigenvalue weighted by atomic mass is 10.2. The fourth-order valence-electron chi connectivity index (χ4n) is 4.06. The van der Waals surface area contributed by atoms with Crippen LogP contribution in [0.2, 0.25) is 0 Å². The Morgan fingerprint density at radius 3 is 2.45 bits per heavy atom. The van der Waals surface area contributed by atoms with E-state index in [0.717, 1.165) is 0 Å². The van der Waals surface area contributed by atoms with Gasteiger partial charge in [-0.3, -0.25) is 9.69 Å². The normalized spacial score (nSPS) is 21.6. The lowest BCUT2D eigenvalue weighted by Crippen LogP contribution is -2.52. The molecule has 1 atom stereocenters. The highest BCUT2D eigenvalue weighted by molar-refractivity contribution is 7.91. The van der Waals surface area contributed by atoms with Gasteiger partial charge in [0.05, 0.1) is 29.2 Å². The summed E-state index contributed by atoms with van der Waals surface area (Å²) in [5.74, 6) is 0.862. The predicted octanol–water partition coefficient (Wildman–Crippen LogP) is 1.10. The minimum absolute atomic E-state index is 0.0613. The summed E-state index contributed by atoms with van der Waals surface area (Å²) in [5, 5.41) is 0. The van der Waals surface area contributed by atoms with Crippen LogP contribution in [0.15, 0.2) is 58.1 Å². The smallest absolute Gasteiger partial charge is 0.246 e. The van der Waals surface area contributed by atoms with E-state index < -0.39 is 19.9 Å². The third-order valence-electron chi connectivity index (χ3n) is 5.98. The van der Waals surface area contributed by atoms with Crippen LogP contribution in [0.1, 0.15) is 17.7 Å². The Balaban J connectivity index is 1.28. The molecule has 4 rings (SSSR count). The largest absolute Gasteiger partial charge is 0.468 e. The number of hydrogen-bond acceptors (Lipinski definition) is 7. The summed E-state index contributed by atoms with van der Waals surface area (Å²) in [7, 11) is -6.59. The van der Waals surface area contributed by atoms with Crippen molar-refractivity contribution >= 4 is 31.8 Å². The van der Waals surface area contributed by atoms with Gasteiger partial charge in [-0.05, 0) is 42.3 Å². The highest BCUT2D eigenvalue weighted by atomic mass is 32.2. The van der Waals surface area contributed by atoms with Crippen molar-refractivity contribution in [2.24, 2.45) is 0 Å². The summed E-state index contributed by atoms with van der Waals surface area (Å²) in [6, 6.07) is 9.70. The van der Waals surface area contributed by atoms with Gasteiger partial charge in [0.25, 0.3) is 0 Å². The number of rotatable bonds is 7. The van der Waals surface area contributed by atoms with Crippen molar-refractivity contribution in [1.29, 1.82) is 0 Å². The maximum absolute atomic E-state index is 12.5. The van der Waals surface area contributed by atoms with Crippen LogP contribution < -0.4 is 4.72 Å². The second kappa shape index (κ2) is 9.80. The third-order valence-corrected chi connectivity index (χ3v) is 9.14. The topological polar surface area (TPSA) is 117 Å². The Morgan fingerprint density at radius 1 is 1.12 bits per heavy atom. The van der Waals surface area contributed by atoms with Gasteiger partial charge in [-0.2, -0.15) is 0 Å². The van der Waals surface area contributed by atoms with Gasteiger partial charge in [-0.1, -0.05) is 12.1 Å². The second-order valence-electron chi connectivity index (χ2n) is 8.22. The van der Waals surface area contributed by atoms with E-state index in [0.29, 0.717) is 43.9 Å². The molecule has 0 spiro atoms. The minimum Gasteiger partial charge on any atom is -0.468 e. The molecule has 2 aliphatic rings. The Kier molecular flexibility index (Phi) is 7.03. The van der Waals surface area contributed by atoms with E-state index in [4.69, 9.17) is 4.42 Å². The van der Waals surface area contributed by atoms with Crippen molar-refractivity contribution in [1.82, 2.24) is 14.5 Å². The molecule has 1 aromatic carbocycles. The van der Waals surface area contributed by atoms with E-state index in [9.17, 15) is 21.6 Å². The number of nitrogens with zero attached hydrogens (tertiary/aromatic N) is 2. The SMILES string of the molecule is O=C(C=Cc1ccc(S(=O)(=O)NCc2ccco2)cc1)N1CCN(C2CCS(=O)(=O)C2)CC1. The molecular formula is C22H27N3O6S2. The van der Waals surface area contributed by atoms with Crippen molar-refractivity contribution in [2.75, 3.05) is 37.7 Å². The number of hydrogen-bond donors (Lipinski definition) is 1. The van der Waals surface area contributed by atoms with Crippen molar-refractivity contribution < 1.29 is 26.0 Å². The average molecular weight is 494 g/mol. The van der Waals surface area contributed by atoms with Gasteiger partial charge in [-0.25, -0.2) is 21.6 Å². The summed E-state index contributed by atoms with van der Waals surface area (Å²) < 4.78 is 55.8. The van der Waals surface area contributed by atoms with E-state index in [-0.39, 0.29) is 34.9 Å². The Hall–Kier alpha value is -2.47. The van der Waals surface area contributed by atoms with Crippen LogP contribution in [0, 0.1) is 0 Å². The number of sulfone groups is 1. The molecule has 1 N–H and O–H groups in total. The monoisotopic (exact) mass is 493 g/mol. The number of benzene rings is 1. The molecule has 1 amide bonds. The van der Waals surface area contributed by atoms with Crippen LogP contribution >= 0.6 is 0 Å². The lowest BCUT2D eigenvalue weighted by molar-refractivity contribution is -0.127. The zero-order chi connectivity index (χ0) is 23.5. The van der Waals surface area contributed by atoms with Crippen LogP contribution in [0.25, 0.3) is 6.08 Å². The molecule has 2 saturated heterocycles. The molecule has 0 saturated carbocycles. The van der Waals surface area contributed by atoms with Gasteiger partial charge in [0.2, 0.25) is 15.9 Å². The van der Waals surface area contributed by atoms with E-state index in [2.05, 4.69) is 9.62 Å². The number of furan rings is 1. The molecule has 0 bridgehead atoms. The van der Waals surface area contributed by atoms with Crippen LogP contribution in [-0.2, 0) is 31.2 Å². The maximum atomic E-state index is 12.5. The standard InChI is InChI=1S/C22H27N3O6S2/c26-22(25-12-10-24(11-13-25)19-9-15-32(27,28)17-19)8-5-18-3-6-21(7-4-18)33(29,30)23-16-20-2-1-14-31-20/h1-8,14,19,23H,9-13,15-17H2. The van der Waals surface area contributed by atoms with Crippen LogP contribution in [0.3, 0.4) is 0 Å². The van der Waals surface area contributed by atoms with Crippen molar-refractivity contribution in [3.8, 4) is 0 Å². The fourth-order valence-corrected chi connectivity index (χ4v) is 6.82. The second-order valence-corrected chi connectivity index (χ2v) is 12.2. The van der Waals surface area contributed by atoms with Gasteiger partial charge < -0.3 is 9.32 Å². The number of carbonyl (C=O) groups is 1. The molecule has 33 heavy (non-hydrogen) atoms. The first-order valence-corrected chi connectivity index (χ1v) is 14.1. The Morgan fingerprint density at radius 2 is 1.85 bits per heavy atom. The molecular weight excluding hydrogens is 466 g/mol. The molecule has 2 fully saturated rings. The quantitative estimate of drug-likeness (QED) is 0.574. The number of amides is 1. The summed E-state index contributed by atoms with van der Waals surface area (Å²) >= 11 is 0. The zero-order valence-electron chi connectivity index (χ0n) is 18.1. The van der Waals surface area contributed by atoms with Crippen LogP contribution in [0.4, 0.5) is 0 Å². The lowest BCUT2D eigenvalue weighted by Gasteiger charge is -2.37. The fraction of sp³-hybridized carbons (Fsp3) is 0.409. The molecule has 9 nitrogen and oxygen atoms in total. The molecule has 0 aliphatic carbocycles. The van der Waals surface area contributed by atoms with Gasteiger partial charge in [0.15, 0.2) is 9.84 Å². The average Bonchev–Trinajstić information content (AvgIpc) is 3.46. The van der Waals surface area contributed by atoms with Crippen molar-refractivity contribution in [3.63, 3.8) is 0 Å². The van der Waals surface area contributed by atoms with Gasteiger partial charge in [0, 0.05) is 38.3 Å². The predicted molar refractivity (Wildman–Crippen MR) is 123 cm³/mol. The van der Waals surface area contributed by atoms with E-state index in [1.807, 2.05) is 0 Å². The Labute approximate surface area is 194 Å². The number of nitrogens with one attached hydrogen (secondary N) is 1. The number of sulfonamides is 1. The molecule has 2 aromatic rings. The van der Waals surface area contributed by atoms with Crippen molar-refractivity contribution in [3.05, 3.63) is 60.1 Å². The summed E-state index contributed by atoms with van der Waals surface area (Å²) in [6.07, 6.45) is 5.29. The zero-order valence-corrected chi connectivity index (χ0v) is 19.7. The van der Waals surface area contributed by atoms with Crippen LogP contribution in [0.5, 0.6) is 0 Å². The van der Waals surface area contributed by atoms with Gasteiger partial charge >= 0.3 is 0 Å². The highest BCUT2D eigenvalue weighted by Gasteiger charge is 2.34. The summed E-state index contributed by atoms with van der Waals surface area (Å²) in [5.41, 5.74) is 0.711. The van der Waals surface area contributed by atoms with Crippen molar-refractivity contribution in [2.45, 2.75) is 23.9 Å². The number of piperazine rings is 1. The Bertz CT molecular complexity index is 1200. The maximum Gasteiger partial charge on any atom is 0.246 e. The molecule has 178 valence electrons. The summed E-state index contributed by atoms with van der Waals surface area (Å²) in [6.45, 7) is 2.50. The van der Waals surface area contributed by atoms with E-state index >= 15 is 0 Å². The van der Waals surface area contributed by atoms with Gasteiger partial charge in [0.1, 0.15) is 5.76 Å². The highest BCUT2D eigenvalue weighted by Crippen LogP contribution is 2.19. The summed E-state index contributed by atoms with van der Waals surface area (Å²) in [4.78, 5) is 16.6. The molecule has 1 unspecified atom stereocenters. The van der Waals surface area contributed by atoms with Gasteiger partial charge in [-0.15, -0.1) is 0 Å². The minimum atomic E-state index is -3.67. The first-order valence-electron chi connectivity index (χ1n) is 10.8. The first-order chi connectivity index (χ1) is 15.7. The third kappa shape index (κ3) is 6.11. The van der Waals surface area contributed by atoms with E-state index in [1.54, 1.807) is 35.2 Å². The molecule has 2 aliphatic heterocycles. The molecule has 11 heteroatoms. The van der Waals surface area contributed by atoms with Crippen LogP contribution in [-0.4, -0.2) is 76.3 Å². The molecule has 1 aromatic heterocycles. The first kappa shape index (κ1) is 23.7. The molecule has 3 heterocycles. The van der Waals surface area contributed by atoms with E-state index in [1.165, 1.54) is 24.5 Å².